The highest BCUT2D eigenvalue weighted by molar-refractivity contribution is 9.10. The van der Waals surface area contributed by atoms with Crippen molar-refractivity contribution in [3.05, 3.63) is 28.5 Å². The van der Waals surface area contributed by atoms with Gasteiger partial charge < -0.3 is 15.7 Å². The number of carboxylic acid groups (broad SMARTS) is 1. The summed E-state index contributed by atoms with van der Waals surface area (Å²) in [6, 6.07) is 3.33. The molecule has 110 valence electrons. The maximum Gasteiger partial charge on any atom is 0.319 e. The molecule has 0 saturated carbocycles. The number of urea groups is 1. The maximum absolute atomic E-state index is 13.0. The van der Waals surface area contributed by atoms with Crippen LogP contribution in [0, 0.1) is 11.7 Å². The number of nitrogens with one attached hydrogen (secondary N) is 2. The lowest BCUT2D eigenvalue weighted by molar-refractivity contribution is -0.141. The van der Waals surface area contributed by atoms with Gasteiger partial charge >= 0.3 is 12.0 Å². The number of rotatable bonds is 6. The third-order valence-corrected chi connectivity index (χ3v) is 3.36. The van der Waals surface area contributed by atoms with Gasteiger partial charge in [-0.15, -0.1) is 0 Å². The largest absolute Gasteiger partial charge is 0.481 e. The summed E-state index contributed by atoms with van der Waals surface area (Å²) in [5, 5.41) is 13.9. The maximum atomic E-state index is 13.0. The predicted molar refractivity (Wildman–Crippen MR) is 77.2 cm³/mol. The molecule has 0 saturated heterocycles. The Hall–Kier alpha value is -1.63. The van der Waals surface area contributed by atoms with E-state index in [4.69, 9.17) is 5.11 Å². The molecule has 0 radical (unpaired) electrons. The van der Waals surface area contributed by atoms with Crippen LogP contribution in [0.2, 0.25) is 0 Å². The molecule has 1 atom stereocenters. The Morgan fingerprint density at radius 2 is 2.15 bits per heavy atom. The topological polar surface area (TPSA) is 78.4 Å². The molecule has 0 aliphatic heterocycles. The first kappa shape index (κ1) is 16.4. The van der Waals surface area contributed by atoms with Crippen molar-refractivity contribution in [2.75, 3.05) is 11.9 Å². The number of hydrogen-bond acceptors (Lipinski definition) is 2. The van der Waals surface area contributed by atoms with Crippen molar-refractivity contribution < 1.29 is 19.1 Å². The van der Waals surface area contributed by atoms with Gasteiger partial charge in [-0.3, -0.25) is 4.79 Å². The van der Waals surface area contributed by atoms with E-state index in [1.54, 1.807) is 0 Å². The number of benzene rings is 1. The SMILES string of the molecule is CCCC(CNC(=O)Nc1cc(F)ccc1Br)C(=O)O. The Morgan fingerprint density at radius 1 is 1.45 bits per heavy atom. The summed E-state index contributed by atoms with van der Waals surface area (Å²) in [5.41, 5.74) is 0.282. The highest BCUT2D eigenvalue weighted by Crippen LogP contribution is 2.22. The second kappa shape index (κ2) is 7.84. The van der Waals surface area contributed by atoms with Crippen LogP contribution in [0.4, 0.5) is 14.9 Å². The van der Waals surface area contributed by atoms with Crippen LogP contribution < -0.4 is 10.6 Å². The van der Waals surface area contributed by atoms with E-state index in [1.807, 2.05) is 6.92 Å². The number of aliphatic carboxylic acids is 1. The number of carbonyl (C=O) groups excluding carboxylic acids is 1. The van der Waals surface area contributed by atoms with E-state index in [9.17, 15) is 14.0 Å². The molecule has 1 aromatic carbocycles. The molecule has 0 spiro atoms. The summed E-state index contributed by atoms with van der Waals surface area (Å²) in [4.78, 5) is 22.6. The number of halogens is 2. The zero-order chi connectivity index (χ0) is 15.1. The van der Waals surface area contributed by atoms with Crippen molar-refractivity contribution in [3.8, 4) is 0 Å². The van der Waals surface area contributed by atoms with Crippen LogP contribution in [0.15, 0.2) is 22.7 Å². The third-order valence-electron chi connectivity index (χ3n) is 2.67. The fourth-order valence-electron chi connectivity index (χ4n) is 1.64. The molecule has 0 fully saturated rings. The van der Waals surface area contributed by atoms with Crippen molar-refractivity contribution >= 4 is 33.6 Å². The fraction of sp³-hybridized carbons (Fsp3) is 0.385. The lowest BCUT2D eigenvalue weighted by Crippen LogP contribution is -2.35. The van der Waals surface area contributed by atoms with Gasteiger partial charge in [0.15, 0.2) is 0 Å². The third kappa shape index (κ3) is 5.16. The van der Waals surface area contributed by atoms with Gasteiger partial charge in [0, 0.05) is 11.0 Å². The van der Waals surface area contributed by atoms with E-state index in [0.29, 0.717) is 10.9 Å². The Bertz CT molecular complexity index is 497. The van der Waals surface area contributed by atoms with Crippen molar-refractivity contribution in [3.63, 3.8) is 0 Å². The first-order valence-electron chi connectivity index (χ1n) is 6.16. The molecule has 0 bridgehead atoms. The first-order chi connectivity index (χ1) is 9.43. The van der Waals surface area contributed by atoms with Gasteiger partial charge in [0.05, 0.1) is 11.6 Å². The zero-order valence-corrected chi connectivity index (χ0v) is 12.5. The lowest BCUT2D eigenvalue weighted by Gasteiger charge is -2.13. The van der Waals surface area contributed by atoms with E-state index in [0.717, 1.165) is 6.42 Å². The smallest absolute Gasteiger partial charge is 0.319 e. The molecule has 20 heavy (non-hydrogen) atoms. The molecule has 0 aliphatic rings. The molecule has 1 unspecified atom stereocenters. The summed E-state index contributed by atoms with van der Waals surface area (Å²) < 4.78 is 13.6. The Labute approximate surface area is 124 Å². The standard InChI is InChI=1S/C13H16BrFN2O3/c1-2-3-8(12(18)19)7-16-13(20)17-11-6-9(15)4-5-10(11)14/h4-6,8H,2-3,7H2,1H3,(H,18,19)(H2,16,17,20). The highest BCUT2D eigenvalue weighted by atomic mass is 79.9. The molecule has 0 aromatic heterocycles. The number of hydrogen-bond donors (Lipinski definition) is 3. The monoisotopic (exact) mass is 346 g/mol. The molecule has 2 amide bonds. The van der Waals surface area contributed by atoms with Crippen LogP contribution in [0.25, 0.3) is 0 Å². The molecule has 0 heterocycles. The Morgan fingerprint density at radius 3 is 2.75 bits per heavy atom. The minimum atomic E-state index is -0.945. The van der Waals surface area contributed by atoms with Gasteiger partial charge in [-0.05, 0) is 40.5 Å². The van der Waals surface area contributed by atoms with Gasteiger partial charge in [-0.2, -0.15) is 0 Å². The Kier molecular flexibility index (Phi) is 6.44. The average Bonchev–Trinajstić information content (AvgIpc) is 2.38. The number of anilines is 1. The van der Waals surface area contributed by atoms with Crippen LogP contribution >= 0.6 is 15.9 Å². The van der Waals surface area contributed by atoms with E-state index >= 15 is 0 Å². The van der Waals surface area contributed by atoms with Crippen LogP contribution in [0.3, 0.4) is 0 Å². The van der Waals surface area contributed by atoms with Crippen molar-refractivity contribution in [2.24, 2.45) is 5.92 Å². The zero-order valence-electron chi connectivity index (χ0n) is 11.0. The van der Waals surface area contributed by atoms with Crippen LogP contribution in [-0.4, -0.2) is 23.7 Å². The van der Waals surface area contributed by atoms with E-state index < -0.39 is 23.7 Å². The van der Waals surface area contributed by atoms with Gasteiger partial charge in [0.1, 0.15) is 5.82 Å². The van der Waals surface area contributed by atoms with E-state index in [-0.39, 0.29) is 12.2 Å². The molecule has 3 N–H and O–H groups in total. The van der Waals surface area contributed by atoms with Gasteiger partial charge in [-0.1, -0.05) is 13.3 Å². The normalized spacial score (nSPS) is 11.8. The molecule has 1 rings (SSSR count). The molecular weight excluding hydrogens is 331 g/mol. The Balaban J connectivity index is 2.55. The summed E-state index contributed by atoms with van der Waals surface area (Å²) >= 11 is 3.18. The minimum absolute atomic E-state index is 0.0297. The predicted octanol–water partition coefficient (Wildman–Crippen LogP) is 3.21. The van der Waals surface area contributed by atoms with Gasteiger partial charge in [0.25, 0.3) is 0 Å². The lowest BCUT2D eigenvalue weighted by atomic mass is 10.0. The molecular formula is C13H16BrFN2O3. The second-order valence-corrected chi connectivity index (χ2v) is 5.14. The number of carbonyl (C=O) groups is 2. The number of carboxylic acids is 1. The van der Waals surface area contributed by atoms with E-state index in [1.165, 1.54) is 18.2 Å². The molecule has 7 heteroatoms. The van der Waals surface area contributed by atoms with Crippen molar-refractivity contribution in [2.45, 2.75) is 19.8 Å². The average molecular weight is 347 g/mol. The first-order valence-corrected chi connectivity index (χ1v) is 6.96. The molecule has 5 nitrogen and oxygen atoms in total. The van der Waals surface area contributed by atoms with Gasteiger partial charge in [-0.25, -0.2) is 9.18 Å². The molecule has 0 aliphatic carbocycles. The second-order valence-electron chi connectivity index (χ2n) is 4.28. The van der Waals surface area contributed by atoms with Crippen molar-refractivity contribution in [1.29, 1.82) is 0 Å². The quantitative estimate of drug-likeness (QED) is 0.739. The van der Waals surface area contributed by atoms with Gasteiger partial charge in [0.2, 0.25) is 0 Å². The summed E-state index contributed by atoms with van der Waals surface area (Å²) in [5.74, 6) is -2.04. The van der Waals surface area contributed by atoms with Crippen LogP contribution in [0.5, 0.6) is 0 Å². The number of amides is 2. The van der Waals surface area contributed by atoms with E-state index in [2.05, 4.69) is 26.6 Å². The highest BCUT2D eigenvalue weighted by Gasteiger charge is 2.17. The summed E-state index contributed by atoms with van der Waals surface area (Å²) in [6.45, 7) is 1.90. The van der Waals surface area contributed by atoms with Crippen LogP contribution in [-0.2, 0) is 4.79 Å². The summed E-state index contributed by atoms with van der Waals surface area (Å²) in [6.07, 6.45) is 1.20. The molecule has 1 aromatic rings. The fourth-order valence-corrected chi connectivity index (χ4v) is 1.98. The van der Waals surface area contributed by atoms with Crippen molar-refractivity contribution in [1.82, 2.24) is 5.32 Å². The summed E-state index contributed by atoms with van der Waals surface area (Å²) in [7, 11) is 0. The minimum Gasteiger partial charge on any atom is -0.481 e. The van der Waals surface area contributed by atoms with Crippen LogP contribution in [0.1, 0.15) is 19.8 Å².